The highest BCUT2D eigenvalue weighted by Gasteiger charge is 2.38. The monoisotopic (exact) mass is 397 g/mol. The zero-order valence-corrected chi connectivity index (χ0v) is 14.9. The molecule has 4 rings (SSSR count). The molecule has 3 aromatic rings. The molecule has 0 spiro atoms. The number of amides is 1. The van der Waals surface area contributed by atoms with E-state index in [1.807, 2.05) is 0 Å². The van der Waals surface area contributed by atoms with Gasteiger partial charge in [0.2, 0.25) is 0 Å². The van der Waals surface area contributed by atoms with Crippen LogP contribution in [0.2, 0.25) is 0 Å². The lowest BCUT2D eigenvalue weighted by Gasteiger charge is -2.09. The predicted octanol–water partition coefficient (Wildman–Crippen LogP) is 2.30. The molecule has 0 bridgehead atoms. The van der Waals surface area contributed by atoms with Crippen molar-refractivity contribution >= 4 is 22.2 Å². The average Bonchev–Trinajstić information content (AvgIpc) is 3.20. The van der Waals surface area contributed by atoms with Gasteiger partial charge in [-0.3, -0.25) is 14.3 Å². The van der Waals surface area contributed by atoms with Gasteiger partial charge in [-0.05, 0) is 25.8 Å². The van der Waals surface area contributed by atoms with Crippen molar-refractivity contribution in [1.29, 1.82) is 0 Å². The first-order valence-corrected chi connectivity index (χ1v) is 8.93. The van der Waals surface area contributed by atoms with Gasteiger partial charge in [0.05, 0.1) is 17.9 Å². The molecule has 1 aliphatic rings. The Bertz CT molecular complexity index is 1120. The number of hydrogen-bond donors (Lipinski definition) is 1. The number of thiazole rings is 1. The number of halogens is 3. The van der Waals surface area contributed by atoms with Crippen molar-refractivity contribution in [3.05, 3.63) is 50.1 Å². The highest BCUT2D eigenvalue weighted by atomic mass is 32.1. The number of rotatable bonds is 4. The summed E-state index contributed by atoms with van der Waals surface area (Å²) in [6.07, 6.45) is -2.91. The van der Waals surface area contributed by atoms with E-state index in [-0.39, 0.29) is 28.8 Å². The first kappa shape index (κ1) is 17.7. The van der Waals surface area contributed by atoms with E-state index < -0.39 is 23.3 Å². The van der Waals surface area contributed by atoms with Gasteiger partial charge in [0, 0.05) is 16.9 Å². The largest absolute Gasteiger partial charge is 0.433 e. The van der Waals surface area contributed by atoms with Crippen LogP contribution in [0.5, 0.6) is 0 Å². The van der Waals surface area contributed by atoms with Crippen LogP contribution in [0.25, 0.3) is 4.96 Å². The maximum Gasteiger partial charge on any atom is 0.433 e. The number of aryl methyl sites for hydroxylation is 1. The fraction of sp³-hybridized carbons (Fsp3) is 0.375. The minimum absolute atomic E-state index is 0.0325. The molecule has 1 fully saturated rings. The Morgan fingerprint density at radius 2 is 2.07 bits per heavy atom. The molecule has 0 unspecified atom stereocenters. The Morgan fingerprint density at radius 3 is 2.67 bits per heavy atom. The van der Waals surface area contributed by atoms with Crippen molar-refractivity contribution in [2.24, 2.45) is 5.73 Å². The molecule has 11 heteroatoms. The third-order valence-corrected chi connectivity index (χ3v) is 5.33. The lowest BCUT2D eigenvalue weighted by atomic mass is 10.2. The Hall–Kier alpha value is -2.69. The Balaban J connectivity index is 1.78. The molecule has 7 nitrogen and oxygen atoms in total. The number of hydrogen-bond acceptors (Lipinski definition) is 5. The molecule has 1 aliphatic carbocycles. The molecule has 27 heavy (non-hydrogen) atoms. The molecule has 0 atom stereocenters. The normalized spacial score (nSPS) is 14.8. The van der Waals surface area contributed by atoms with Gasteiger partial charge in [0.15, 0.2) is 4.96 Å². The second-order valence-corrected chi connectivity index (χ2v) is 7.64. The van der Waals surface area contributed by atoms with E-state index in [0.29, 0.717) is 10.6 Å². The highest BCUT2D eigenvalue weighted by Crippen LogP contribution is 2.41. The van der Waals surface area contributed by atoms with Crippen LogP contribution in [-0.4, -0.2) is 25.1 Å². The number of alkyl halides is 3. The SMILES string of the molecule is Cc1sc2nc(Cn3nc(C4CC4)cc3C(F)(F)F)cc(=O)n2c1C(N)=O. The van der Waals surface area contributed by atoms with Gasteiger partial charge < -0.3 is 5.73 Å². The number of carbonyl (C=O) groups excluding carboxylic acids is 1. The minimum Gasteiger partial charge on any atom is -0.364 e. The molecule has 1 amide bonds. The molecule has 1 saturated carbocycles. The molecule has 0 saturated heterocycles. The average molecular weight is 397 g/mol. The van der Waals surface area contributed by atoms with Crippen molar-refractivity contribution in [2.75, 3.05) is 0 Å². The molecule has 3 aromatic heterocycles. The van der Waals surface area contributed by atoms with Crippen LogP contribution in [0.4, 0.5) is 13.2 Å². The molecular weight excluding hydrogens is 383 g/mol. The van der Waals surface area contributed by atoms with Gasteiger partial charge in [0.1, 0.15) is 11.4 Å². The van der Waals surface area contributed by atoms with Gasteiger partial charge in [0.25, 0.3) is 11.5 Å². The van der Waals surface area contributed by atoms with E-state index in [9.17, 15) is 22.8 Å². The topological polar surface area (TPSA) is 95.3 Å². The summed E-state index contributed by atoms with van der Waals surface area (Å²) in [7, 11) is 0. The fourth-order valence-corrected chi connectivity index (χ4v) is 4.00. The number of carbonyl (C=O) groups is 1. The highest BCUT2D eigenvalue weighted by molar-refractivity contribution is 7.17. The maximum absolute atomic E-state index is 13.3. The summed E-state index contributed by atoms with van der Waals surface area (Å²) in [6, 6.07) is 2.16. The lowest BCUT2D eigenvalue weighted by Crippen LogP contribution is -2.24. The minimum atomic E-state index is -4.56. The third kappa shape index (κ3) is 3.11. The van der Waals surface area contributed by atoms with Crippen molar-refractivity contribution < 1.29 is 18.0 Å². The zero-order chi connectivity index (χ0) is 19.5. The van der Waals surface area contributed by atoms with Crippen molar-refractivity contribution in [2.45, 2.75) is 38.4 Å². The zero-order valence-electron chi connectivity index (χ0n) is 14.1. The van der Waals surface area contributed by atoms with Crippen LogP contribution in [0.15, 0.2) is 16.9 Å². The van der Waals surface area contributed by atoms with E-state index in [2.05, 4.69) is 10.1 Å². The predicted molar refractivity (Wildman–Crippen MR) is 90.9 cm³/mol. The number of nitrogens with zero attached hydrogens (tertiary/aromatic N) is 4. The Morgan fingerprint density at radius 1 is 1.37 bits per heavy atom. The van der Waals surface area contributed by atoms with Crippen LogP contribution in [0, 0.1) is 6.92 Å². The summed E-state index contributed by atoms with van der Waals surface area (Å²) in [5.41, 5.74) is 4.43. The van der Waals surface area contributed by atoms with Crippen LogP contribution in [0.3, 0.4) is 0 Å². The first-order chi connectivity index (χ1) is 12.6. The van der Waals surface area contributed by atoms with Crippen LogP contribution in [0.1, 0.15) is 51.2 Å². The van der Waals surface area contributed by atoms with E-state index in [1.54, 1.807) is 6.92 Å². The smallest absolute Gasteiger partial charge is 0.364 e. The third-order valence-electron chi connectivity index (χ3n) is 4.37. The van der Waals surface area contributed by atoms with Crippen LogP contribution in [-0.2, 0) is 12.7 Å². The summed E-state index contributed by atoms with van der Waals surface area (Å²) in [4.78, 5) is 28.9. The second-order valence-electron chi connectivity index (χ2n) is 6.46. The standard InChI is InChI=1S/C16H14F3N5O2S/c1-7-13(14(20)26)24-12(25)4-9(21-15(24)27-7)6-23-11(16(17,18)19)5-10(22-23)8-2-3-8/h4-5,8H,2-3,6H2,1H3,(H2,20,26). The molecule has 0 aromatic carbocycles. The molecular formula is C16H14F3N5O2S. The second kappa shape index (κ2) is 5.91. The summed E-state index contributed by atoms with van der Waals surface area (Å²) >= 11 is 1.07. The summed E-state index contributed by atoms with van der Waals surface area (Å²) in [5, 5.41) is 4.07. The molecule has 0 aliphatic heterocycles. The van der Waals surface area contributed by atoms with Crippen LogP contribution < -0.4 is 11.3 Å². The Kier molecular flexibility index (Phi) is 3.88. The summed E-state index contributed by atoms with van der Waals surface area (Å²) in [5.74, 6) is -0.706. The van der Waals surface area contributed by atoms with Gasteiger partial charge in [-0.1, -0.05) is 0 Å². The fourth-order valence-electron chi connectivity index (χ4n) is 3.01. The molecule has 0 radical (unpaired) electrons. The van der Waals surface area contributed by atoms with E-state index in [0.717, 1.165) is 45.4 Å². The van der Waals surface area contributed by atoms with Gasteiger partial charge in [-0.15, -0.1) is 11.3 Å². The first-order valence-electron chi connectivity index (χ1n) is 8.12. The summed E-state index contributed by atoms with van der Waals surface area (Å²) < 4.78 is 41.9. The van der Waals surface area contributed by atoms with E-state index in [4.69, 9.17) is 5.73 Å². The maximum atomic E-state index is 13.3. The number of nitrogens with two attached hydrogens (primary N) is 1. The molecule has 2 N–H and O–H groups in total. The van der Waals surface area contributed by atoms with Gasteiger partial charge >= 0.3 is 6.18 Å². The van der Waals surface area contributed by atoms with Crippen molar-refractivity contribution in [1.82, 2.24) is 19.2 Å². The molecule has 3 heterocycles. The molecule has 142 valence electrons. The van der Waals surface area contributed by atoms with Crippen molar-refractivity contribution in [3.63, 3.8) is 0 Å². The number of fused-ring (bicyclic) bond motifs is 1. The van der Waals surface area contributed by atoms with Gasteiger partial charge in [-0.25, -0.2) is 9.38 Å². The summed E-state index contributed by atoms with van der Waals surface area (Å²) in [6.45, 7) is 1.33. The van der Waals surface area contributed by atoms with Crippen LogP contribution >= 0.6 is 11.3 Å². The van der Waals surface area contributed by atoms with E-state index in [1.165, 1.54) is 0 Å². The number of primary amides is 1. The van der Waals surface area contributed by atoms with E-state index >= 15 is 0 Å². The van der Waals surface area contributed by atoms with Gasteiger partial charge in [-0.2, -0.15) is 18.3 Å². The quantitative estimate of drug-likeness (QED) is 0.731. The lowest BCUT2D eigenvalue weighted by molar-refractivity contribution is -0.144. The van der Waals surface area contributed by atoms with Crippen molar-refractivity contribution in [3.8, 4) is 0 Å². The number of aromatic nitrogens is 4. The Labute approximate surface area is 154 Å².